The minimum Gasteiger partial charge on any atom is -0.393 e. The fourth-order valence-corrected chi connectivity index (χ4v) is 4.45. The molecule has 0 heterocycles. The smallest absolute Gasteiger partial charge is 0.219 e. The summed E-state index contributed by atoms with van der Waals surface area (Å²) >= 11 is 0. The van der Waals surface area contributed by atoms with Crippen LogP contribution >= 0.6 is 0 Å². The Labute approximate surface area is 181 Å². The van der Waals surface area contributed by atoms with Crippen molar-refractivity contribution in [2.24, 2.45) is 11.8 Å². The lowest BCUT2D eigenvalue weighted by Crippen LogP contribution is -2.23. The summed E-state index contributed by atoms with van der Waals surface area (Å²) in [4.78, 5) is 11.4. The third kappa shape index (κ3) is 8.58. The Hall–Kier alpha value is -1.69. The maximum Gasteiger partial charge on any atom is 0.219 e. The molecule has 0 aliphatic heterocycles. The molecule has 2 rings (SSSR count). The summed E-state index contributed by atoms with van der Waals surface area (Å²) in [5.41, 5.74) is 1.23. The predicted molar refractivity (Wildman–Crippen MR) is 120 cm³/mol. The summed E-state index contributed by atoms with van der Waals surface area (Å²) in [5, 5.41) is 33.9. The van der Waals surface area contributed by atoms with Gasteiger partial charge in [-0.1, -0.05) is 42.5 Å². The van der Waals surface area contributed by atoms with Crippen LogP contribution in [0.15, 0.2) is 42.5 Å². The van der Waals surface area contributed by atoms with Gasteiger partial charge < -0.3 is 20.6 Å². The second-order valence-corrected chi connectivity index (χ2v) is 8.51. The van der Waals surface area contributed by atoms with Gasteiger partial charge in [-0.2, -0.15) is 0 Å². The van der Waals surface area contributed by atoms with E-state index in [1.54, 1.807) is 0 Å². The van der Waals surface area contributed by atoms with Crippen molar-refractivity contribution in [1.82, 2.24) is 5.32 Å². The van der Waals surface area contributed by atoms with E-state index in [4.69, 9.17) is 0 Å². The lowest BCUT2D eigenvalue weighted by molar-refractivity contribution is -0.121. The maximum absolute atomic E-state index is 11.4. The molecule has 30 heavy (non-hydrogen) atoms. The summed E-state index contributed by atoms with van der Waals surface area (Å²) in [7, 11) is 0. The van der Waals surface area contributed by atoms with Gasteiger partial charge in [-0.25, -0.2) is 0 Å². The first-order valence-electron chi connectivity index (χ1n) is 11.5. The third-order valence-corrected chi connectivity index (χ3v) is 6.19. The summed E-state index contributed by atoms with van der Waals surface area (Å²) in [5.74, 6) is 0.137. The fraction of sp³-hybridized carbons (Fsp3) is 0.640. The lowest BCUT2D eigenvalue weighted by Gasteiger charge is -2.23. The van der Waals surface area contributed by atoms with E-state index in [2.05, 4.69) is 29.6 Å². The lowest BCUT2D eigenvalue weighted by atomic mass is 9.85. The maximum atomic E-state index is 11.4. The quantitative estimate of drug-likeness (QED) is 0.293. The Morgan fingerprint density at radius 2 is 1.87 bits per heavy atom. The highest BCUT2D eigenvalue weighted by Gasteiger charge is 2.40. The standard InChI is InChI=1S/C25H39NO4/c1-2-26-25(30)13-9-4-3-8-12-21-22(24(29)18-23(21)28)17-16-20(27)15-14-19-10-6-5-7-11-19/h3,5-8,10-11,20-24,27-29H,2,4,9,12-18H2,1H3,(H,26,30). The number of rotatable bonds is 13. The van der Waals surface area contributed by atoms with E-state index in [9.17, 15) is 20.1 Å². The molecule has 0 spiro atoms. The Bertz CT molecular complexity index is 633. The number of hydrogen-bond acceptors (Lipinski definition) is 4. The van der Waals surface area contributed by atoms with Crippen LogP contribution < -0.4 is 5.32 Å². The first-order chi connectivity index (χ1) is 14.5. The predicted octanol–water partition coefficient (Wildman–Crippen LogP) is 3.37. The highest BCUT2D eigenvalue weighted by Crippen LogP contribution is 2.38. The van der Waals surface area contributed by atoms with E-state index < -0.39 is 12.2 Å². The minimum atomic E-state index is -0.502. The average molecular weight is 418 g/mol. The van der Waals surface area contributed by atoms with Crippen molar-refractivity contribution in [2.75, 3.05) is 6.54 Å². The van der Waals surface area contributed by atoms with Gasteiger partial charge in [0.05, 0.1) is 18.3 Å². The Morgan fingerprint density at radius 3 is 2.60 bits per heavy atom. The van der Waals surface area contributed by atoms with E-state index >= 15 is 0 Å². The number of amides is 1. The van der Waals surface area contributed by atoms with Crippen LogP contribution in [0.4, 0.5) is 0 Å². The van der Waals surface area contributed by atoms with Crippen molar-refractivity contribution >= 4 is 5.91 Å². The zero-order chi connectivity index (χ0) is 21.8. The molecule has 1 aliphatic carbocycles. The first kappa shape index (κ1) is 24.6. The van der Waals surface area contributed by atoms with Gasteiger partial charge in [0.2, 0.25) is 5.91 Å². The number of carbonyl (C=O) groups is 1. The number of carbonyl (C=O) groups excluding carboxylic acids is 1. The van der Waals surface area contributed by atoms with Gasteiger partial charge in [-0.05, 0) is 75.7 Å². The first-order valence-corrected chi connectivity index (χ1v) is 11.5. The molecule has 5 atom stereocenters. The van der Waals surface area contributed by atoms with Gasteiger partial charge in [-0.3, -0.25) is 4.79 Å². The molecule has 5 nitrogen and oxygen atoms in total. The Balaban J connectivity index is 1.71. The zero-order valence-corrected chi connectivity index (χ0v) is 18.2. The van der Waals surface area contributed by atoms with Crippen LogP contribution in [0.1, 0.15) is 63.9 Å². The number of hydrogen-bond donors (Lipinski definition) is 4. The van der Waals surface area contributed by atoms with Crippen molar-refractivity contribution in [3.05, 3.63) is 48.0 Å². The molecular formula is C25H39NO4. The van der Waals surface area contributed by atoms with Crippen LogP contribution in [0.3, 0.4) is 0 Å². The molecule has 4 N–H and O–H groups in total. The SMILES string of the molecule is CCNC(=O)CCCC=CCC1C(O)CC(O)C1CCC(O)CCc1ccccc1. The molecule has 1 aromatic carbocycles. The monoisotopic (exact) mass is 417 g/mol. The summed E-state index contributed by atoms with van der Waals surface area (Å²) < 4.78 is 0. The van der Waals surface area contributed by atoms with Crippen LogP contribution in [0.2, 0.25) is 0 Å². The molecule has 0 bridgehead atoms. The second kappa shape index (κ2) is 13.6. The number of aryl methyl sites for hydroxylation is 1. The van der Waals surface area contributed by atoms with Gasteiger partial charge in [0.25, 0.3) is 0 Å². The van der Waals surface area contributed by atoms with Gasteiger partial charge in [0.1, 0.15) is 0 Å². The highest BCUT2D eigenvalue weighted by molar-refractivity contribution is 5.75. The Morgan fingerprint density at radius 1 is 1.13 bits per heavy atom. The highest BCUT2D eigenvalue weighted by atomic mass is 16.3. The topological polar surface area (TPSA) is 89.8 Å². The van der Waals surface area contributed by atoms with E-state index in [1.165, 1.54) is 5.56 Å². The molecule has 0 aromatic heterocycles. The number of aliphatic hydroxyl groups is 3. The number of benzene rings is 1. The van der Waals surface area contributed by atoms with Gasteiger partial charge in [0.15, 0.2) is 0 Å². The van der Waals surface area contributed by atoms with E-state index in [0.29, 0.717) is 32.2 Å². The van der Waals surface area contributed by atoms with Crippen LogP contribution in [0.25, 0.3) is 0 Å². The minimum absolute atomic E-state index is 0.0198. The van der Waals surface area contributed by atoms with Crippen molar-refractivity contribution in [2.45, 2.75) is 83.0 Å². The second-order valence-electron chi connectivity index (χ2n) is 8.51. The molecule has 0 radical (unpaired) electrons. The van der Waals surface area contributed by atoms with E-state index in [0.717, 1.165) is 32.1 Å². The van der Waals surface area contributed by atoms with E-state index in [1.807, 2.05) is 25.1 Å². The molecule has 1 fully saturated rings. The molecular weight excluding hydrogens is 378 g/mol. The van der Waals surface area contributed by atoms with Crippen LogP contribution in [0.5, 0.6) is 0 Å². The number of nitrogens with one attached hydrogen (secondary N) is 1. The van der Waals surface area contributed by atoms with Crippen molar-refractivity contribution in [1.29, 1.82) is 0 Å². The summed E-state index contributed by atoms with van der Waals surface area (Å²) in [6.45, 7) is 2.58. The van der Waals surface area contributed by atoms with Gasteiger partial charge in [0, 0.05) is 13.0 Å². The normalized spacial score (nSPS) is 24.9. The molecule has 1 saturated carbocycles. The van der Waals surface area contributed by atoms with Crippen LogP contribution in [-0.2, 0) is 11.2 Å². The average Bonchev–Trinajstić information content (AvgIpc) is 3.00. The molecule has 5 heteroatoms. The Kier molecular flexibility index (Phi) is 11.1. The summed E-state index contributed by atoms with van der Waals surface area (Å²) in [6, 6.07) is 10.2. The fourth-order valence-electron chi connectivity index (χ4n) is 4.45. The number of unbranched alkanes of at least 4 members (excludes halogenated alkanes) is 1. The molecule has 1 aromatic rings. The number of allylic oxidation sites excluding steroid dienone is 2. The molecule has 1 aliphatic rings. The van der Waals surface area contributed by atoms with Crippen LogP contribution in [-0.4, -0.2) is 46.1 Å². The molecule has 1 amide bonds. The van der Waals surface area contributed by atoms with Crippen molar-refractivity contribution in [3.63, 3.8) is 0 Å². The zero-order valence-electron chi connectivity index (χ0n) is 18.2. The molecule has 168 valence electrons. The largest absolute Gasteiger partial charge is 0.393 e. The number of aliphatic hydroxyl groups excluding tert-OH is 3. The summed E-state index contributed by atoms with van der Waals surface area (Å²) in [6.07, 6.45) is 9.02. The molecule has 5 unspecified atom stereocenters. The molecule has 0 saturated heterocycles. The van der Waals surface area contributed by atoms with Crippen LogP contribution in [0, 0.1) is 11.8 Å². The third-order valence-electron chi connectivity index (χ3n) is 6.19. The van der Waals surface area contributed by atoms with E-state index in [-0.39, 0.29) is 23.8 Å². The van der Waals surface area contributed by atoms with Crippen molar-refractivity contribution < 1.29 is 20.1 Å². The van der Waals surface area contributed by atoms with Gasteiger partial charge >= 0.3 is 0 Å². The van der Waals surface area contributed by atoms with Crippen molar-refractivity contribution in [3.8, 4) is 0 Å². The van der Waals surface area contributed by atoms with Gasteiger partial charge in [-0.15, -0.1) is 0 Å².